The average Bonchev–Trinajstić information content (AvgIpc) is 2.85. The van der Waals surface area contributed by atoms with Crippen LogP contribution < -0.4 is 20.2 Å². The van der Waals surface area contributed by atoms with E-state index in [1.165, 1.54) is 7.11 Å². The molecule has 8 nitrogen and oxygen atoms in total. The molecule has 35 heavy (non-hydrogen) atoms. The van der Waals surface area contributed by atoms with Crippen LogP contribution in [-0.2, 0) is 9.59 Å². The predicted octanol–water partition coefficient (Wildman–Crippen LogP) is 4.32. The SMILES string of the molecule is COc1cc(/C(C)=N/NC(=O)C(=O)Nc2ccc(C)c(C)c2)ccc1OC(=O)c1ccc(C)cc1. The Morgan fingerprint density at radius 2 is 1.46 bits per heavy atom. The first-order valence-electron chi connectivity index (χ1n) is 10.9. The minimum absolute atomic E-state index is 0.242. The van der Waals surface area contributed by atoms with E-state index in [4.69, 9.17) is 9.47 Å². The Labute approximate surface area is 204 Å². The fourth-order valence-electron chi connectivity index (χ4n) is 3.08. The van der Waals surface area contributed by atoms with Crippen LogP contribution in [0.25, 0.3) is 0 Å². The molecular formula is C27H27N3O5. The summed E-state index contributed by atoms with van der Waals surface area (Å²) >= 11 is 0. The van der Waals surface area contributed by atoms with Crippen LogP contribution in [-0.4, -0.2) is 30.6 Å². The first kappa shape index (κ1) is 25.2. The summed E-state index contributed by atoms with van der Waals surface area (Å²) in [4.78, 5) is 36.8. The lowest BCUT2D eigenvalue weighted by molar-refractivity contribution is -0.136. The summed E-state index contributed by atoms with van der Waals surface area (Å²) in [5.74, 6) is -1.69. The molecule has 0 aromatic heterocycles. The summed E-state index contributed by atoms with van der Waals surface area (Å²) in [5, 5.41) is 6.55. The Morgan fingerprint density at radius 3 is 2.11 bits per heavy atom. The van der Waals surface area contributed by atoms with E-state index in [-0.39, 0.29) is 5.75 Å². The van der Waals surface area contributed by atoms with Gasteiger partial charge in [0.15, 0.2) is 11.5 Å². The molecule has 8 heteroatoms. The molecule has 2 amide bonds. The van der Waals surface area contributed by atoms with Crippen LogP contribution >= 0.6 is 0 Å². The van der Waals surface area contributed by atoms with Gasteiger partial charge in [-0.3, -0.25) is 9.59 Å². The Hall–Kier alpha value is -4.46. The molecular weight excluding hydrogens is 446 g/mol. The van der Waals surface area contributed by atoms with Crippen LogP contribution in [0.1, 0.15) is 39.5 Å². The molecule has 0 aliphatic rings. The zero-order valence-corrected chi connectivity index (χ0v) is 20.3. The topological polar surface area (TPSA) is 106 Å². The maximum atomic E-state index is 12.4. The second-order valence-electron chi connectivity index (χ2n) is 8.01. The number of hydrazone groups is 1. The molecule has 0 atom stereocenters. The smallest absolute Gasteiger partial charge is 0.343 e. The van der Waals surface area contributed by atoms with Crippen molar-refractivity contribution in [1.82, 2.24) is 5.43 Å². The summed E-state index contributed by atoms with van der Waals surface area (Å²) < 4.78 is 10.8. The summed E-state index contributed by atoms with van der Waals surface area (Å²) in [6.45, 7) is 7.47. The molecule has 180 valence electrons. The lowest BCUT2D eigenvalue weighted by Gasteiger charge is -2.11. The molecule has 0 aliphatic heterocycles. The highest BCUT2D eigenvalue weighted by molar-refractivity contribution is 6.39. The fourth-order valence-corrected chi connectivity index (χ4v) is 3.08. The van der Waals surface area contributed by atoms with Gasteiger partial charge in [-0.1, -0.05) is 23.8 Å². The molecule has 3 aromatic carbocycles. The third-order valence-corrected chi connectivity index (χ3v) is 5.37. The molecule has 0 heterocycles. The van der Waals surface area contributed by atoms with Crippen LogP contribution in [0.4, 0.5) is 5.69 Å². The van der Waals surface area contributed by atoms with Gasteiger partial charge in [0.2, 0.25) is 0 Å². The molecule has 3 aromatic rings. The van der Waals surface area contributed by atoms with Crippen LogP contribution in [0.15, 0.2) is 65.8 Å². The first-order valence-corrected chi connectivity index (χ1v) is 10.9. The number of nitrogens with one attached hydrogen (secondary N) is 2. The molecule has 0 saturated carbocycles. The van der Waals surface area contributed by atoms with Crippen LogP contribution in [0.2, 0.25) is 0 Å². The van der Waals surface area contributed by atoms with Gasteiger partial charge in [0.05, 0.1) is 18.4 Å². The Bertz CT molecular complexity index is 1300. The Kier molecular flexibility index (Phi) is 7.99. The zero-order valence-electron chi connectivity index (χ0n) is 20.3. The number of nitrogens with zero attached hydrogens (tertiary/aromatic N) is 1. The third kappa shape index (κ3) is 6.54. The number of carbonyl (C=O) groups excluding carboxylic acids is 3. The number of methoxy groups -OCH3 is 1. The molecule has 0 fully saturated rings. The number of esters is 1. The lowest BCUT2D eigenvalue weighted by atomic mass is 10.1. The van der Waals surface area contributed by atoms with E-state index in [2.05, 4.69) is 15.8 Å². The van der Waals surface area contributed by atoms with E-state index >= 15 is 0 Å². The normalized spacial score (nSPS) is 10.9. The van der Waals surface area contributed by atoms with E-state index in [1.807, 2.05) is 39.0 Å². The predicted molar refractivity (Wildman–Crippen MR) is 134 cm³/mol. The maximum Gasteiger partial charge on any atom is 0.343 e. The van der Waals surface area contributed by atoms with Gasteiger partial charge in [0.1, 0.15) is 0 Å². The summed E-state index contributed by atoms with van der Waals surface area (Å²) in [6, 6.07) is 17.3. The van der Waals surface area contributed by atoms with Gasteiger partial charge in [-0.2, -0.15) is 5.10 Å². The molecule has 0 unspecified atom stereocenters. The monoisotopic (exact) mass is 473 g/mol. The van der Waals surface area contributed by atoms with Crippen molar-refractivity contribution in [3.8, 4) is 11.5 Å². The summed E-state index contributed by atoms with van der Waals surface area (Å²) in [5.41, 5.74) is 7.33. The number of aryl methyl sites for hydroxylation is 3. The molecule has 2 N–H and O–H groups in total. The van der Waals surface area contributed by atoms with Crippen LogP contribution in [0.3, 0.4) is 0 Å². The molecule has 0 saturated heterocycles. The molecule has 0 bridgehead atoms. The van der Waals surface area contributed by atoms with Gasteiger partial charge in [-0.15, -0.1) is 0 Å². The van der Waals surface area contributed by atoms with E-state index < -0.39 is 17.8 Å². The first-order chi connectivity index (χ1) is 16.7. The van der Waals surface area contributed by atoms with Gasteiger partial charge >= 0.3 is 17.8 Å². The van der Waals surface area contributed by atoms with E-state index in [9.17, 15) is 14.4 Å². The number of benzene rings is 3. The van der Waals surface area contributed by atoms with E-state index in [1.54, 1.807) is 49.4 Å². The van der Waals surface area contributed by atoms with Gasteiger partial charge in [0.25, 0.3) is 0 Å². The fraction of sp³-hybridized carbons (Fsp3) is 0.185. The van der Waals surface area contributed by atoms with Crippen molar-refractivity contribution < 1.29 is 23.9 Å². The second kappa shape index (κ2) is 11.1. The van der Waals surface area contributed by atoms with Gasteiger partial charge in [-0.25, -0.2) is 10.2 Å². The minimum atomic E-state index is -0.904. The number of anilines is 1. The number of hydrogen-bond donors (Lipinski definition) is 2. The number of amides is 2. The standard InChI is InChI=1S/C27H27N3O5/c1-16-6-9-20(10-7-16)27(33)35-23-13-11-21(15-24(23)34-5)19(4)29-30-26(32)25(31)28-22-12-8-17(2)18(3)14-22/h6-15H,1-5H3,(H,28,31)(H,30,32)/b29-19+. The van der Waals surface area contributed by atoms with Gasteiger partial charge in [-0.05, 0) is 81.3 Å². The highest BCUT2D eigenvalue weighted by atomic mass is 16.6. The number of hydrogen-bond acceptors (Lipinski definition) is 6. The maximum absolute atomic E-state index is 12.4. The number of ether oxygens (including phenoxy) is 2. The van der Waals surface area contributed by atoms with Gasteiger partial charge in [0, 0.05) is 11.3 Å². The average molecular weight is 474 g/mol. The van der Waals surface area contributed by atoms with Crippen molar-refractivity contribution in [2.45, 2.75) is 27.7 Å². The number of carbonyl (C=O) groups is 3. The number of rotatable bonds is 6. The molecule has 0 aliphatic carbocycles. The van der Waals surface area contributed by atoms with Crippen molar-refractivity contribution in [1.29, 1.82) is 0 Å². The van der Waals surface area contributed by atoms with Crippen molar-refractivity contribution in [3.63, 3.8) is 0 Å². The Balaban J connectivity index is 1.66. The minimum Gasteiger partial charge on any atom is -0.493 e. The molecule has 0 spiro atoms. The molecule has 0 radical (unpaired) electrons. The van der Waals surface area contributed by atoms with Crippen molar-refractivity contribution >= 4 is 29.2 Å². The summed E-state index contributed by atoms with van der Waals surface area (Å²) in [7, 11) is 1.45. The van der Waals surface area contributed by atoms with E-state index in [0.717, 1.165) is 16.7 Å². The van der Waals surface area contributed by atoms with Gasteiger partial charge < -0.3 is 14.8 Å². The quantitative estimate of drug-likeness (QED) is 0.182. The van der Waals surface area contributed by atoms with Crippen molar-refractivity contribution in [3.05, 3.63) is 88.5 Å². The zero-order chi connectivity index (χ0) is 25.5. The van der Waals surface area contributed by atoms with Crippen LogP contribution in [0, 0.1) is 20.8 Å². The van der Waals surface area contributed by atoms with Crippen LogP contribution in [0.5, 0.6) is 11.5 Å². The Morgan fingerprint density at radius 1 is 0.771 bits per heavy atom. The van der Waals surface area contributed by atoms with E-state index in [0.29, 0.717) is 28.3 Å². The molecule has 3 rings (SSSR count). The highest BCUT2D eigenvalue weighted by Crippen LogP contribution is 2.29. The summed E-state index contributed by atoms with van der Waals surface area (Å²) in [6.07, 6.45) is 0. The largest absolute Gasteiger partial charge is 0.493 e. The van der Waals surface area contributed by atoms with Crippen molar-refractivity contribution in [2.24, 2.45) is 5.10 Å². The third-order valence-electron chi connectivity index (χ3n) is 5.37. The second-order valence-corrected chi connectivity index (χ2v) is 8.01. The lowest BCUT2D eigenvalue weighted by Crippen LogP contribution is -2.33. The van der Waals surface area contributed by atoms with Crippen molar-refractivity contribution in [2.75, 3.05) is 12.4 Å². The highest BCUT2D eigenvalue weighted by Gasteiger charge is 2.16.